The van der Waals surface area contributed by atoms with E-state index in [-0.39, 0.29) is 28.5 Å². The summed E-state index contributed by atoms with van der Waals surface area (Å²) < 4.78 is 8.27. The lowest BCUT2D eigenvalue weighted by Gasteiger charge is -2.50. The van der Waals surface area contributed by atoms with Crippen molar-refractivity contribution in [3.8, 4) is 28.3 Å². The number of fused-ring (bicyclic) bond motifs is 2. The number of anilines is 2. The molecule has 2 aromatic carbocycles. The molecule has 2 N–H and O–H groups in total. The number of halogens is 1. The summed E-state index contributed by atoms with van der Waals surface area (Å²) in [5, 5.41) is 7.28. The van der Waals surface area contributed by atoms with Crippen LogP contribution in [0, 0.1) is 6.92 Å². The van der Waals surface area contributed by atoms with Crippen molar-refractivity contribution in [2.45, 2.75) is 44.2 Å². The zero-order chi connectivity index (χ0) is 34.2. The van der Waals surface area contributed by atoms with Gasteiger partial charge in [0.2, 0.25) is 11.8 Å². The molecule has 3 aliphatic rings. The third kappa shape index (κ3) is 4.92. The molecule has 0 bridgehead atoms. The molecule has 3 aromatic heterocycles. The smallest absolute Gasteiger partial charge is 0.332 e. The number of rotatable bonds is 6. The molecular weight excluding hydrogens is 644 g/mol. The van der Waals surface area contributed by atoms with Crippen molar-refractivity contribution in [3.05, 3.63) is 91.3 Å². The number of nitrogens with zero attached hydrogens (tertiary/aromatic N) is 6. The molecule has 13 heteroatoms. The predicted octanol–water partition coefficient (Wildman–Crippen LogP) is 4.42. The molecule has 12 nitrogen and oxygen atoms in total. The van der Waals surface area contributed by atoms with Gasteiger partial charge in [0.05, 0.1) is 23.4 Å². The van der Waals surface area contributed by atoms with Gasteiger partial charge in [-0.1, -0.05) is 41.9 Å². The third-order valence-corrected chi connectivity index (χ3v) is 10.8. The van der Waals surface area contributed by atoms with Crippen LogP contribution in [0.15, 0.2) is 58.4 Å². The van der Waals surface area contributed by atoms with Crippen LogP contribution in [0.5, 0.6) is 5.88 Å². The average molecular weight is 679 g/mol. The highest BCUT2D eigenvalue weighted by molar-refractivity contribution is 6.36. The number of carbonyl (C=O) groups is 1. The number of likely N-dealkylation sites (tertiary alicyclic amines) is 1. The minimum Gasteiger partial charge on any atom is -0.481 e. The van der Waals surface area contributed by atoms with Crippen LogP contribution < -0.4 is 26.6 Å². The maximum atomic E-state index is 13.1. The van der Waals surface area contributed by atoms with Crippen LogP contribution in [0.3, 0.4) is 0 Å². The lowest BCUT2D eigenvalue weighted by Crippen LogP contribution is -2.67. The highest BCUT2D eigenvalue weighted by Gasteiger charge is 2.51. The second kappa shape index (κ2) is 11.5. The summed E-state index contributed by atoms with van der Waals surface area (Å²) in [6.07, 6.45) is 4.70. The van der Waals surface area contributed by atoms with Gasteiger partial charge in [0.25, 0.3) is 5.56 Å². The van der Waals surface area contributed by atoms with Crippen molar-refractivity contribution >= 4 is 40.0 Å². The Bertz CT molecular complexity index is 2330. The van der Waals surface area contributed by atoms with Gasteiger partial charge in [0.1, 0.15) is 17.5 Å². The van der Waals surface area contributed by atoms with Crippen LogP contribution in [0.4, 0.5) is 11.5 Å². The number of hydrogen-bond acceptors (Lipinski definition) is 9. The van der Waals surface area contributed by atoms with Gasteiger partial charge in [-0.25, -0.2) is 19.7 Å². The summed E-state index contributed by atoms with van der Waals surface area (Å²) >= 11 is 7.21. The topological polar surface area (TPSA) is 136 Å². The number of benzene rings is 2. The van der Waals surface area contributed by atoms with Gasteiger partial charge in [0.15, 0.2) is 5.65 Å². The molecule has 0 unspecified atom stereocenters. The lowest BCUT2D eigenvalue weighted by atomic mass is 9.86. The van der Waals surface area contributed by atoms with Crippen molar-refractivity contribution in [3.63, 3.8) is 0 Å². The maximum absolute atomic E-state index is 13.1. The van der Waals surface area contributed by atoms with Crippen LogP contribution in [0.25, 0.3) is 33.4 Å². The van der Waals surface area contributed by atoms with Crippen molar-refractivity contribution in [1.29, 1.82) is 0 Å². The molecule has 5 aromatic rings. The number of nitrogens with one attached hydrogen (secondary N) is 2. The Hall–Kier alpha value is -5.07. The highest BCUT2D eigenvalue weighted by Crippen LogP contribution is 2.47. The highest BCUT2D eigenvalue weighted by atomic mass is 35.5. The fraction of sp³-hybridized carbons (Fsp3) is 0.333. The van der Waals surface area contributed by atoms with E-state index in [4.69, 9.17) is 21.3 Å². The number of carbonyl (C=O) groups excluding carboxylic acids is 1. The normalized spacial score (nSPS) is 18.1. The van der Waals surface area contributed by atoms with E-state index in [0.717, 1.165) is 76.1 Å². The van der Waals surface area contributed by atoms with E-state index in [1.165, 1.54) is 23.5 Å². The van der Waals surface area contributed by atoms with Gasteiger partial charge in [-0.15, -0.1) is 0 Å². The van der Waals surface area contributed by atoms with E-state index in [1.807, 2.05) is 43.3 Å². The first-order chi connectivity index (χ1) is 23.6. The van der Waals surface area contributed by atoms with Crippen molar-refractivity contribution in [2.24, 2.45) is 14.1 Å². The summed E-state index contributed by atoms with van der Waals surface area (Å²) in [7, 11) is 4.67. The van der Waals surface area contributed by atoms with Gasteiger partial charge in [0, 0.05) is 62.0 Å². The first kappa shape index (κ1) is 31.2. The largest absolute Gasteiger partial charge is 0.481 e. The number of hydrogen-bond donors (Lipinski definition) is 2. The number of pyridine rings is 1. The fourth-order valence-corrected chi connectivity index (χ4v) is 8.15. The summed E-state index contributed by atoms with van der Waals surface area (Å²) in [5.74, 6) is 1.06. The first-order valence-corrected chi connectivity index (χ1v) is 16.7. The van der Waals surface area contributed by atoms with Crippen LogP contribution in [0.1, 0.15) is 42.0 Å². The Morgan fingerprint density at radius 2 is 1.76 bits per heavy atom. The number of aryl methyl sites for hydroxylation is 2. The van der Waals surface area contributed by atoms with E-state index in [2.05, 4.69) is 31.6 Å². The predicted molar refractivity (Wildman–Crippen MR) is 187 cm³/mol. The fourth-order valence-electron chi connectivity index (χ4n) is 7.82. The Labute approximate surface area is 286 Å². The second-order valence-electron chi connectivity index (χ2n) is 13.3. The SMILES string of the molecule is COc1nc(-c2cccc(-c3cccc(Nc4ncnc5c4c(=O)n(C)c(=O)n5C)c3C)c2Cl)cc2c1[C@H](N1CC3(CCC(=O)N3)C1)CC2. The molecule has 8 rings (SSSR count). The van der Waals surface area contributed by atoms with Crippen LogP contribution in [-0.2, 0) is 25.3 Å². The van der Waals surface area contributed by atoms with Crippen LogP contribution >= 0.6 is 11.6 Å². The molecule has 2 saturated heterocycles. The zero-order valence-corrected chi connectivity index (χ0v) is 28.4. The van der Waals surface area contributed by atoms with Crippen molar-refractivity contribution < 1.29 is 9.53 Å². The van der Waals surface area contributed by atoms with E-state index in [0.29, 0.717) is 23.1 Å². The minimum absolute atomic E-state index is 0.0845. The number of methoxy groups -OCH3 is 1. The van der Waals surface area contributed by atoms with Gasteiger partial charge >= 0.3 is 5.69 Å². The standard InChI is InChI=1S/C36H35ClN8O4/c1-19-21(7-6-10-24(19)40-31-29-32(39-18-38-31)43(2)35(48)44(3)34(29)47)22-8-5-9-23(30(22)37)25-15-20-11-12-26(28(20)33(41-25)49-4)45-16-36(17-45)14-13-27(46)42-36/h5-10,15,18,26H,11-14,16-17H2,1-4H3,(H,42,46)(H,38,39,40)/t26-/m1/s1. The maximum Gasteiger partial charge on any atom is 0.332 e. The Morgan fingerprint density at radius 3 is 2.51 bits per heavy atom. The van der Waals surface area contributed by atoms with E-state index in [1.54, 1.807) is 14.2 Å². The molecule has 0 saturated carbocycles. The number of ether oxygens (including phenoxy) is 1. The Morgan fingerprint density at radius 1 is 1.00 bits per heavy atom. The number of aromatic nitrogens is 5. The summed E-state index contributed by atoms with van der Waals surface area (Å²) in [4.78, 5) is 53.5. The van der Waals surface area contributed by atoms with E-state index >= 15 is 0 Å². The zero-order valence-electron chi connectivity index (χ0n) is 27.6. The first-order valence-electron chi connectivity index (χ1n) is 16.3. The van der Waals surface area contributed by atoms with Gasteiger partial charge in [-0.3, -0.25) is 23.6 Å². The minimum atomic E-state index is -0.481. The van der Waals surface area contributed by atoms with Gasteiger partial charge in [-0.2, -0.15) is 0 Å². The Kier molecular flexibility index (Phi) is 7.34. The molecule has 2 aliphatic heterocycles. The molecule has 49 heavy (non-hydrogen) atoms. The molecule has 1 amide bonds. The lowest BCUT2D eigenvalue weighted by molar-refractivity contribution is -0.121. The third-order valence-electron chi connectivity index (χ3n) is 10.4. The molecule has 2 fully saturated rings. The van der Waals surface area contributed by atoms with E-state index in [9.17, 15) is 14.4 Å². The molecule has 1 spiro atoms. The van der Waals surface area contributed by atoms with E-state index < -0.39 is 11.2 Å². The van der Waals surface area contributed by atoms with Crippen LogP contribution in [-0.4, -0.2) is 60.6 Å². The van der Waals surface area contributed by atoms with Gasteiger partial charge in [-0.05, 0) is 55.0 Å². The van der Waals surface area contributed by atoms with Crippen LogP contribution in [0.2, 0.25) is 5.02 Å². The monoisotopic (exact) mass is 678 g/mol. The molecule has 0 radical (unpaired) electrons. The molecule has 1 aliphatic carbocycles. The average Bonchev–Trinajstić information content (AvgIpc) is 3.70. The molecular formula is C36H35ClN8O4. The summed E-state index contributed by atoms with van der Waals surface area (Å²) in [6, 6.07) is 14.1. The van der Waals surface area contributed by atoms with Crippen molar-refractivity contribution in [1.82, 2.24) is 34.3 Å². The Balaban J connectivity index is 1.13. The number of amides is 1. The molecule has 250 valence electrons. The molecule has 5 heterocycles. The second-order valence-corrected chi connectivity index (χ2v) is 13.7. The summed E-state index contributed by atoms with van der Waals surface area (Å²) in [6.45, 7) is 3.67. The molecule has 1 atom stereocenters. The quantitative estimate of drug-likeness (QED) is 0.268. The van der Waals surface area contributed by atoms with Gasteiger partial charge < -0.3 is 15.4 Å². The van der Waals surface area contributed by atoms with Crippen molar-refractivity contribution in [2.75, 3.05) is 25.5 Å². The summed E-state index contributed by atoms with van der Waals surface area (Å²) in [5.41, 5.74) is 6.42.